The van der Waals surface area contributed by atoms with E-state index in [1.807, 2.05) is 18.2 Å². The highest BCUT2D eigenvalue weighted by molar-refractivity contribution is 5.85. The fourth-order valence-electron chi connectivity index (χ4n) is 2.23. The molecule has 24 heavy (non-hydrogen) atoms. The number of fused-ring (bicyclic) bond motifs is 1. The highest BCUT2D eigenvalue weighted by Crippen LogP contribution is 2.32. The Labute approximate surface area is 148 Å². The van der Waals surface area contributed by atoms with E-state index in [0.717, 1.165) is 17.1 Å². The van der Waals surface area contributed by atoms with Gasteiger partial charge in [0.2, 0.25) is 12.7 Å². The number of halogens is 1. The lowest BCUT2D eigenvalue weighted by Crippen LogP contribution is -2.40. The summed E-state index contributed by atoms with van der Waals surface area (Å²) < 4.78 is 20.7. The van der Waals surface area contributed by atoms with E-state index in [0.29, 0.717) is 32.8 Å². The molecule has 0 aromatic heterocycles. The van der Waals surface area contributed by atoms with Crippen molar-refractivity contribution < 1.29 is 23.7 Å². The summed E-state index contributed by atoms with van der Waals surface area (Å²) in [7, 11) is 3.26. The molecule has 0 spiro atoms. The van der Waals surface area contributed by atoms with E-state index in [1.165, 1.54) is 0 Å². The normalized spacial score (nSPS) is 11.9. The maximum Gasteiger partial charge on any atom is 0.236 e. The number of methoxy groups -OCH3 is 2. The van der Waals surface area contributed by atoms with Crippen molar-refractivity contribution in [3.8, 4) is 11.5 Å². The van der Waals surface area contributed by atoms with Crippen LogP contribution in [0.2, 0.25) is 0 Å². The maximum atomic E-state index is 12.4. The lowest BCUT2D eigenvalue weighted by Gasteiger charge is -2.23. The smallest absolute Gasteiger partial charge is 0.236 e. The zero-order valence-electron chi connectivity index (χ0n) is 14.1. The molecule has 1 N–H and O–H groups in total. The van der Waals surface area contributed by atoms with Crippen LogP contribution < -0.4 is 14.8 Å². The third-order valence-electron chi connectivity index (χ3n) is 3.49. The Balaban J connectivity index is 0.00000288. The van der Waals surface area contributed by atoms with E-state index in [2.05, 4.69) is 5.32 Å². The minimum Gasteiger partial charge on any atom is -0.454 e. The zero-order chi connectivity index (χ0) is 16.5. The lowest BCUT2D eigenvalue weighted by atomic mass is 10.2. The van der Waals surface area contributed by atoms with Gasteiger partial charge in [0.05, 0.1) is 19.8 Å². The van der Waals surface area contributed by atoms with Gasteiger partial charge in [-0.05, 0) is 17.7 Å². The second-order valence-corrected chi connectivity index (χ2v) is 5.17. The van der Waals surface area contributed by atoms with Crippen LogP contribution in [0, 0.1) is 0 Å². The van der Waals surface area contributed by atoms with E-state index in [9.17, 15) is 4.79 Å². The standard InChI is InChI=1S/C16H24N2O5.ClH/c1-20-7-5-17-10-16(19)18(6-8-21-2)11-13-3-4-14-15(9-13)23-12-22-14;/h3-4,9,17H,5-8,10-12H2,1-2H3;1H. The van der Waals surface area contributed by atoms with Crippen LogP contribution in [0.15, 0.2) is 18.2 Å². The van der Waals surface area contributed by atoms with Crippen molar-refractivity contribution in [2.75, 3.05) is 53.9 Å². The molecule has 1 aliphatic heterocycles. The van der Waals surface area contributed by atoms with Crippen molar-refractivity contribution in [3.05, 3.63) is 23.8 Å². The largest absolute Gasteiger partial charge is 0.454 e. The molecular weight excluding hydrogens is 336 g/mol. The fourth-order valence-corrected chi connectivity index (χ4v) is 2.23. The maximum absolute atomic E-state index is 12.4. The Morgan fingerprint density at radius 1 is 1.21 bits per heavy atom. The molecule has 0 saturated heterocycles. The van der Waals surface area contributed by atoms with E-state index >= 15 is 0 Å². The third-order valence-corrected chi connectivity index (χ3v) is 3.49. The highest BCUT2D eigenvalue weighted by Gasteiger charge is 2.17. The molecular formula is C16H25ClN2O5. The van der Waals surface area contributed by atoms with Crippen molar-refractivity contribution >= 4 is 18.3 Å². The van der Waals surface area contributed by atoms with Gasteiger partial charge in [-0.2, -0.15) is 0 Å². The molecule has 1 amide bonds. The van der Waals surface area contributed by atoms with Gasteiger partial charge < -0.3 is 29.2 Å². The molecule has 1 aliphatic rings. The van der Waals surface area contributed by atoms with Gasteiger partial charge in [0, 0.05) is 33.9 Å². The molecule has 0 fully saturated rings. The number of amides is 1. The first-order valence-corrected chi connectivity index (χ1v) is 7.59. The van der Waals surface area contributed by atoms with Crippen LogP contribution in [0.4, 0.5) is 0 Å². The highest BCUT2D eigenvalue weighted by atomic mass is 35.5. The first kappa shape index (κ1) is 20.5. The number of hydrogen-bond donors (Lipinski definition) is 1. The number of rotatable bonds is 10. The fraction of sp³-hybridized carbons (Fsp3) is 0.562. The number of hydrogen-bond acceptors (Lipinski definition) is 6. The number of nitrogens with one attached hydrogen (secondary N) is 1. The van der Waals surface area contributed by atoms with Gasteiger partial charge in [-0.25, -0.2) is 0 Å². The third kappa shape index (κ3) is 6.16. The van der Waals surface area contributed by atoms with Gasteiger partial charge in [-0.15, -0.1) is 12.4 Å². The van der Waals surface area contributed by atoms with E-state index < -0.39 is 0 Å². The predicted molar refractivity (Wildman–Crippen MR) is 91.9 cm³/mol. The number of benzene rings is 1. The Hall–Kier alpha value is -1.54. The quantitative estimate of drug-likeness (QED) is 0.629. The summed E-state index contributed by atoms with van der Waals surface area (Å²) in [5.41, 5.74) is 0.996. The van der Waals surface area contributed by atoms with Crippen LogP contribution in [0.3, 0.4) is 0 Å². The summed E-state index contributed by atoms with van der Waals surface area (Å²) in [5.74, 6) is 1.49. The van der Waals surface area contributed by atoms with Crippen molar-refractivity contribution in [1.29, 1.82) is 0 Å². The van der Waals surface area contributed by atoms with Gasteiger partial charge in [-0.1, -0.05) is 6.07 Å². The Morgan fingerprint density at radius 3 is 2.71 bits per heavy atom. The minimum absolute atomic E-state index is 0. The SMILES string of the molecule is COCCNCC(=O)N(CCOC)Cc1ccc2c(c1)OCO2.Cl. The summed E-state index contributed by atoms with van der Waals surface area (Å²) in [6.07, 6.45) is 0. The van der Waals surface area contributed by atoms with Crippen LogP contribution in [0.1, 0.15) is 5.56 Å². The Morgan fingerprint density at radius 2 is 1.96 bits per heavy atom. The Kier molecular flexibility index (Phi) is 9.48. The topological polar surface area (TPSA) is 69.3 Å². The first-order chi connectivity index (χ1) is 11.2. The molecule has 0 aliphatic carbocycles. The van der Waals surface area contributed by atoms with Crippen LogP contribution in [0.5, 0.6) is 11.5 Å². The number of nitrogens with zero attached hydrogens (tertiary/aromatic N) is 1. The van der Waals surface area contributed by atoms with Crippen molar-refractivity contribution in [2.24, 2.45) is 0 Å². The number of carbonyl (C=O) groups is 1. The summed E-state index contributed by atoms with van der Waals surface area (Å²) in [6.45, 7) is 3.28. The van der Waals surface area contributed by atoms with Crippen LogP contribution >= 0.6 is 12.4 Å². The van der Waals surface area contributed by atoms with Crippen molar-refractivity contribution in [1.82, 2.24) is 10.2 Å². The van der Waals surface area contributed by atoms with Crippen LogP contribution in [-0.4, -0.2) is 64.7 Å². The van der Waals surface area contributed by atoms with E-state index in [1.54, 1.807) is 19.1 Å². The predicted octanol–water partition coefficient (Wildman–Crippen LogP) is 1.05. The minimum atomic E-state index is 0. The van der Waals surface area contributed by atoms with E-state index in [4.69, 9.17) is 18.9 Å². The lowest BCUT2D eigenvalue weighted by molar-refractivity contribution is -0.131. The second-order valence-electron chi connectivity index (χ2n) is 5.17. The summed E-state index contributed by atoms with van der Waals surface area (Å²) in [5, 5.41) is 3.07. The Bertz CT molecular complexity index is 515. The molecule has 0 bridgehead atoms. The molecule has 1 aromatic carbocycles. The molecule has 136 valence electrons. The molecule has 0 saturated carbocycles. The molecule has 0 atom stereocenters. The van der Waals surface area contributed by atoms with E-state index in [-0.39, 0.29) is 31.7 Å². The van der Waals surface area contributed by atoms with Gasteiger partial charge >= 0.3 is 0 Å². The molecule has 1 aromatic rings. The van der Waals surface area contributed by atoms with Gasteiger partial charge in [0.1, 0.15) is 0 Å². The number of carbonyl (C=O) groups excluding carboxylic acids is 1. The summed E-state index contributed by atoms with van der Waals surface area (Å²) in [4.78, 5) is 14.1. The number of ether oxygens (including phenoxy) is 4. The molecule has 0 unspecified atom stereocenters. The first-order valence-electron chi connectivity index (χ1n) is 7.59. The second kappa shape index (κ2) is 11.1. The van der Waals surface area contributed by atoms with Crippen molar-refractivity contribution in [2.45, 2.75) is 6.54 Å². The van der Waals surface area contributed by atoms with Gasteiger partial charge in [0.25, 0.3) is 0 Å². The van der Waals surface area contributed by atoms with Crippen LogP contribution in [0.25, 0.3) is 0 Å². The molecule has 7 nitrogen and oxygen atoms in total. The average molecular weight is 361 g/mol. The monoisotopic (exact) mass is 360 g/mol. The molecule has 2 rings (SSSR count). The molecule has 8 heteroatoms. The summed E-state index contributed by atoms with van der Waals surface area (Å²) in [6, 6.07) is 5.72. The van der Waals surface area contributed by atoms with Gasteiger partial charge in [0.15, 0.2) is 11.5 Å². The average Bonchev–Trinajstić information content (AvgIpc) is 3.03. The zero-order valence-corrected chi connectivity index (χ0v) is 14.9. The summed E-state index contributed by atoms with van der Waals surface area (Å²) >= 11 is 0. The van der Waals surface area contributed by atoms with Crippen LogP contribution in [-0.2, 0) is 20.8 Å². The molecule has 0 radical (unpaired) electrons. The van der Waals surface area contributed by atoms with Gasteiger partial charge in [-0.3, -0.25) is 4.79 Å². The molecule has 1 heterocycles. The van der Waals surface area contributed by atoms with Crippen molar-refractivity contribution in [3.63, 3.8) is 0 Å².